The Kier molecular flexibility index (Phi) is 5.36. The largest absolute Gasteiger partial charge is 0.256 e. The van der Waals surface area contributed by atoms with E-state index in [1.165, 1.54) is 5.56 Å². The van der Waals surface area contributed by atoms with Crippen LogP contribution in [0.1, 0.15) is 11.1 Å². The van der Waals surface area contributed by atoms with Gasteiger partial charge in [-0.25, -0.2) is 0 Å². The molecule has 0 saturated heterocycles. The average Bonchev–Trinajstić information content (AvgIpc) is 2.75. The van der Waals surface area contributed by atoms with E-state index in [2.05, 4.69) is 43.3 Å². The number of rotatable bonds is 4. The first-order valence-corrected chi connectivity index (χ1v) is 9.63. The topological polar surface area (TPSA) is 12.4 Å². The van der Waals surface area contributed by atoms with E-state index in [4.69, 9.17) is 16.6 Å². The fraction of sp³-hybridized carbons (Fsp3) is 0.0385. The molecule has 136 valence electrons. The van der Waals surface area contributed by atoms with Crippen LogP contribution in [0.2, 0.25) is 5.02 Å². The van der Waals surface area contributed by atoms with Crippen molar-refractivity contribution in [2.45, 2.75) is 6.92 Å². The van der Waals surface area contributed by atoms with Crippen molar-refractivity contribution in [2.24, 2.45) is 4.99 Å². The molecule has 0 heterocycles. The van der Waals surface area contributed by atoms with Crippen LogP contribution in [-0.4, -0.2) is 6.21 Å². The van der Waals surface area contributed by atoms with Gasteiger partial charge in [-0.3, -0.25) is 4.99 Å². The molecule has 0 unspecified atom stereocenters. The molecule has 0 aliphatic heterocycles. The summed E-state index contributed by atoms with van der Waals surface area (Å²) in [6.45, 7) is 2.08. The third-order valence-corrected chi connectivity index (χ3v) is 4.91. The van der Waals surface area contributed by atoms with Gasteiger partial charge < -0.3 is 0 Å². The lowest BCUT2D eigenvalue weighted by molar-refractivity contribution is 1.44. The second-order valence-electron chi connectivity index (χ2n) is 6.74. The van der Waals surface area contributed by atoms with Gasteiger partial charge in [-0.05, 0) is 53.4 Å². The van der Waals surface area contributed by atoms with Crippen molar-refractivity contribution >= 4 is 23.5 Å². The Hall–Kier alpha value is -3.16. The average molecular weight is 382 g/mol. The normalized spacial score (nSPS) is 11.1. The number of halogens is 1. The number of hydrogen-bond donors (Lipinski definition) is 0. The van der Waals surface area contributed by atoms with Crippen LogP contribution in [0.5, 0.6) is 0 Å². The second kappa shape index (κ2) is 8.24. The summed E-state index contributed by atoms with van der Waals surface area (Å²) in [4.78, 5) is 4.75. The minimum atomic E-state index is 0.713. The fourth-order valence-corrected chi connectivity index (χ4v) is 3.46. The van der Waals surface area contributed by atoms with E-state index in [-0.39, 0.29) is 0 Å². The number of hydrogen-bond acceptors (Lipinski definition) is 1. The minimum absolute atomic E-state index is 0.713. The van der Waals surface area contributed by atoms with Gasteiger partial charge in [0.25, 0.3) is 0 Å². The Morgan fingerprint density at radius 2 is 1.18 bits per heavy atom. The summed E-state index contributed by atoms with van der Waals surface area (Å²) in [5.74, 6) is 0. The molecule has 4 aromatic rings. The Morgan fingerprint density at radius 1 is 0.679 bits per heavy atom. The Morgan fingerprint density at radius 3 is 1.68 bits per heavy atom. The van der Waals surface area contributed by atoms with Gasteiger partial charge in [0.1, 0.15) is 0 Å². The number of aryl methyl sites for hydroxylation is 1. The smallest absolute Gasteiger partial charge is 0.0630 e. The van der Waals surface area contributed by atoms with Crippen molar-refractivity contribution < 1.29 is 0 Å². The lowest BCUT2D eigenvalue weighted by Crippen LogP contribution is -1.94. The standard InChI is InChI=1S/C26H20ClN/c1-19-12-14-23(15-13-19)28-18-26-24(20-8-4-2-5-9-20)16-22(27)17-25(26)21-10-6-3-7-11-21/h2-18H,1H3. The van der Waals surface area contributed by atoms with Gasteiger partial charge in [0.15, 0.2) is 0 Å². The molecule has 4 rings (SSSR count). The van der Waals surface area contributed by atoms with Gasteiger partial charge in [0.05, 0.1) is 5.69 Å². The van der Waals surface area contributed by atoms with E-state index >= 15 is 0 Å². The van der Waals surface area contributed by atoms with Gasteiger partial charge in [-0.15, -0.1) is 0 Å². The first-order chi connectivity index (χ1) is 13.7. The van der Waals surface area contributed by atoms with Crippen molar-refractivity contribution in [3.63, 3.8) is 0 Å². The van der Waals surface area contributed by atoms with E-state index in [1.54, 1.807) is 0 Å². The predicted octanol–water partition coefficient (Wildman–Crippen LogP) is 7.73. The van der Waals surface area contributed by atoms with Gasteiger partial charge in [0.2, 0.25) is 0 Å². The summed E-state index contributed by atoms with van der Waals surface area (Å²) in [7, 11) is 0. The molecule has 0 N–H and O–H groups in total. The summed E-state index contributed by atoms with van der Waals surface area (Å²) < 4.78 is 0. The lowest BCUT2D eigenvalue weighted by atomic mass is 9.92. The van der Waals surface area contributed by atoms with Crippen LogP contribution >= 0.6 is 11.6 Å². The van der Waals surface area contributed by atoms with Gasteiger partial charge in [-0.2, -0.15) is 0 Å². The molecule has 4 aromatic carbocycles. The molecular weight excluding hydrogens is 362 g/mol. The van der Waals surface area contributed by atoms with Crippen LogP contribution in [0.15, 0.2) is 102 Å². The zero-order chi connectivity index (χ0) is 19.3. The summed E-state index contributed by atoms with van der Waals surface area (Å²) in [6, 6.07) is 32.9. The molecule has 0 aliphatic carbocycles. The molecule has 0 aliphatic rings. The van der Waals surface area contributed by atoms with E-state index in [9.17, 15) is 0 Å². The molecular formula is C26H20ClN. The fourth-order valence-electron chi connectivity index (χ4n) is 3.24. The molecule has 0 bridgehead atoms. The number of benzene rings is 4. The number of aliphatic imine (C=N–C) groups is 1. The molecule has 0 fully saturated rings. The van der Waals surface area contributed by atoms with Crippen LogP contribution in [0, 0.1) is 6.92 Å². The maximum Gasteiger partial charge on any atom is 0.0630 e. The monoisotopic (exact) mass is 381 g/mol. The molecule has 0 spiro atoms. The van der Waals surface area contributed by atoms with Crippen molar-refractivity contribution in [3.05, 3.63) is 113 Å². The molecule has 0 radical (unpaired) electrons. The van der Waals surface area contributed by atoms with Crippen LogP contribution in [0.25, 0.3) is 22.3 Å². The molecule has 0 aromatic heterocycles. The zero-order valence-electron chi connectivity index (χ0n) is 15.6. The maximum atomic E-state index is 6.51. The van der Waals surface area contributed by atoms with Crippen molar-refractivity contribution in [1.82, 2.24) is 0 Å². The van der Waals surface area contributed by atoms with Gasteiger partial charge >= 0.3 is 0 Å². The minimum Gasteiger partial charge on any atom is -0.256 e. The first kappa shape index (κ1) is 18.2. The van der Waals surface area contributed by atoms with Crippen LogP contribution in [0.3, 0.4) is 0 Å². The highest BCUT2D eigenvalue weighted by molar-refractivity contribution is 6.31. The lowest BCUT2D eigenvalue weighted by Gasteiger charge is -2.14. The van der Waals surface area contributed by atoms with E-state index < -0.39 is 0 Å². The van der Waals surface area contributed by atoms with Crippen molar-refractivity contribution in [2.75, 3.05) is 0 Å². The highest BCUT2D eigenvalue weighted by atomic mass is 35.5. The second-order valence-corrected chi connectivity index (χ2v) is 7.18. The van der Waals surface area contributed by atoms with Gasteiger partial charge in [0, 0.05) is 16.8 Å². The van der Waals surface area contributed by atoms with Gasteiger partial charge in [-0.1, -0.05) is 90.0 Å². The van der Waals surface area contributed by atoms with Crippen molar-refractivity contribution in [3.8, 4) is 22.3 Å². The predicted molar refractivity (Wildman–Crippen MR) is 121 cm³/mol. The summed E-state index contributed by atoms with van der Waals surface area (Å²) in [5.41, 5.74) is 7.59. The van der Waals surface area contributed by atoms with E-state index in [0.29, 0.717) is 5.02 Å². The summed E-state index contributed by atoms with van der Waals surface area (Å²) >= 11 is 6.51. The molecule has 28 heavy (non-hydrogen) atoms. The maximum absolute atomic E-state index is 6.51. The highest BCUT2D eigenvalue weighted by Gasteiger charge is 2.12. The first-order valence-electron chi connectivity index (χ1n) is 9.26. The number of nitrogens with zero attached hydrogens (tertiary/aromatic N) is 1. The quantitative estimate of drug-likeness (QED) is 0.320. The van der Waals surface area contributed by atoms with E-state index in [1.807, 2.05) is 66.9 Å². The summed E-state index contributed by atoms with van der Waals surface area (Å²) in [5, 5.41) is 0.713. The third-order valence-electron chi connectivity index (χ3n) is 4.69. The summed E-state index contributed by atoms with van der Waals surface area (Å²) in [6.07, 6.45) is 1.95. The molecule has 0 saturated carbocycles. The molecule has 1 nitrogen and oxygen atoms in total. The molecule has 0 amide bonds. The molecule has 0 atom stereocenters. The Bertz CT molecular complexity index is 1040. The van der Waals surface area contributed by atoms with Crippen LogP contribution in [0.4, 0.5) is 5.69 Å². The Labute approximate surface area is 171 Å². The zero-order valence-corrected chi connectivity index (χ0v) is 16.4. The Balaban J connectivity index is 1.91. The van der Waals surface area contributed by atoms with Crippen LogP contribution in [-0.2, 0) is 0 Å². The van der Waals surface area contributed by atoms with Crippen LogP contribution < -0.4 is 0 Å². The van der Waals surface area contributed by atoms with Crippen molar-refractivity contribution in [1.29, 1.82) is 0 Å². The molecule has 2 heteroatoms. The SMILES string of the molecule is Cc1ccc(N=Cc2c(-c3ccccc3)cc(Cl)cc2-c2ccccc2)cc1. The highest BCUT2D eigenvalue weighted by Crippen LogP contribution is 2.35. The van der Waals surface area contributed by atoms with E-state index in [0.717, 1.165) is 33.5 Å². The third kappa shape index (κ3) is 4.05.